The molecule has 0 radical (unpaired) electrons. The zero-order valence-electron chi connectivity index (χ0n) is 17.2. The highest BCUT2D eigenvalue weighted by atomic mass is 16.5. The van der Waals surface area contributed by atoms with Gasteiger partial charge in [0.15, 0.2) is 23.0 Å². The Kier molecular flexibility index (Phi) is 5.61. The number of fused-ring (bicyclic) bond motifs is 1. The lowest BCUT2D eigenvalue weighted by Gasteiger charge is -2.26. The number of para-hydroxylation sites is 1. The maximum absolute atomic E-state index is 12.1. The Morgan fingerprint density at radius 3 is 2.63 bits per heavy atom. The molecule has 30 heavy (non-hydrogen) atoms. The first kappa shape index (κ1) is 19.8. The van der Waals surface area contributed by atoms with Crippen LogP contribution in [0.15, 0.2) is 53.0 Å². The molecule has 2 heterocycles. The number of rotatable bonds is 7. The molecule has 0 bridgehead atoms. The molecule has 1 amide bonds. The van der Waals surface area contributed by atoms with Crippen molar-refractivity contribution < 1.29 is 23.7 Å². The van der Waals surface area contributed by atoms with Crippen LogP contribution in [-0.4, -0.2) is 39.6 Å². The van der Waals surface area contributed by atoms with Crippen molar-refractivity contribution in [1.29, 1.82) is 0 Å². The molecule has 7 nitrogen and oxygen atoms in total. The average Bonchev–Trinajstić information content (AvgIpc) is 3.24. The number of nitrogens with zero attached hydrogens (tertiary/aromatic N) is 1. The van der Waals surface area contributed by atoms with E-state index in [1.54, 1.807) is 21.3 Å². The topological polar surface area (TPSA) is 78.4 Å². The van der Waals surface area contributed by atoms with Gasteiger partial charge in [0.25, 0.3) is 0 Å². The number of benzene rings is 2. The van der Waals surface area contributed by atoms with E-state index < -0.39 is 0 Å². The van der Waals surface area contributed by atoms with Gasteiger partial charge >= 0.3 is 0 Å². The quantitative estimate of drug-likeness (QED) is 0.761. The van der Waals surface area contributed by atoms with E-state index in [1.807, 2.05) is 36.4 Å². The molecular formula is C23H24N2O5. The SMILES string of the molecule is COc1cc(C2CC(=O)NC3=NCC=C32)ccc1OCc1cccc(OC)c1OC. The molecule has 0 saturated carbocycles. The molecule has 0 aromatic heterocycles. The first-order valence-electron chi connectivity index (χ1n) is 9.70. The third-order valence-electron chi connectivity index (χ3n) is 5.31. The Hall–Kier alpha value is -3.48. The van der Waals surface area contributed by atoms with Crippen LogP contribution in [0.25, 0.3) is 0 Å². The lowest BCUT2D eigenvalue weighted by molar-refractivity contribution is -0.120. The summed E-state index contributed by atoms with van der Waals surface area (Å²) in [6, 6.07) is 11.4. The molecule has 0 aliphatic carbocycles. The largest absolute Gasteiger partial charge is 0.493 e. The predicted octanol–water partition coefficient (Wildman–Crippen LogP) is 3.23. The Bertz CT molecular complexity index is 1030. The predicted molar refractivity (Wildman–Crippen MR) is 113 cm³/mol. The Morgan fingerprint density at radius 2 is 1.87 bits per heavy atom. The van der Waals surface area contributed by atoms with Crippen LogP contribution in [0.5, 0.6) is 23.0 Å². The maximum atomic E-state index is 12.1. The van der Waals surface area contributed by atoms with E-state index in [2.05, 4.69) is 16.4 Å². The van der Waals surface area contributed by atoms with Crippen molar-refractivity contribution in [2.24, 2.45) is 4.99 Å². The first-order valence-corrected chi connectivity index (χ1v) is 9.70. The van der Waals surface area contributed by atoms with E-state index in [0.29, 0.717) is 48.4 Å². The summed E-state index contributed by atoms with van der Waals surface area (Å²) in [5.74, 6) is 3.13. The molecule has 156 valence electrons. The fourth-order valence-electron chi connectivity index (χ4n) is 3.86. The highest BCUT2D eigenvalue weighted by Crippen LogP contribution is 2.38. The third kappa shape index (κ3) is 3.70. The summed E-state index contributed by atoms with van der Waals surface area (Å²) in [5, 5.41) is 2.84. The summed E-state index contributed by atoms with van der Waals surface area (Å²) >= 11 is 0. The minimum absolute atomic E-state index is 0.0257. The van der Waals surface area contributed by atoms with E-state index in [0.717, 1.165) is 16.7 Å². The highest BCUT2D eigenvalue weighted by Gasteiger charge is 2.32. The monoisotopic (exact) mass is 408 g/mol. The number of amides is 1. The zero-order chi connectivity index (χ0) is 21.1. The van der Waals surface area contributed by atoms with Gasteiger partial charge in [-0.3, -0.25) is 9.79 Å². The minimum Gasteiger partial charge on any atom is -0.493 e. The number of hydrogen-bond donors (Lipinski definition) is 1. The van der Waals surface area contributed by atoms with E-state index in [1.165, 1.54) is 0 Å². The number of carbonyl (C=O) groups is 1. The van der Waals surface area contributed by atoms with Crippen molar-refractivity contribution in [2.75, 3.05) is 27.9 Å². The van der Waals surface area contributed by atoms with E-state index >= 15 is 0 Å². The van der Waals surface area contributed by atoms with Gasteiger partial charge in [0.05, 0.1) is 27.9 Å². The minimum atomic E-state index is -0.0403. The number of carbonyl (C=O) groups excluding carboxylic acids is 1. The summed E-state index contributed by atoms with van der Waals surface area (Å²) in [4.78, 5) is 16.4. The zero-order valence-corrected chi connectivity index (χ0v) is 17.2. The third-order valence-corrected chi connectivity index (χ3v) is 5.31. The van der Waals surface area contributed by atoms with Crippen LogP contribution >= 0.6 is 0 Å². The molecule has 0 spiro atoms. The first-order chi connectivity index (χ1) is 14.6. The molecule has 2 aliphatic rings. The summed E-state index contributed by atoms with van der Waals surface area (Å²) in [6.45, 7) is 0.895. The Balaban J connectivity index is 1.57. The van der Waals surface area contributed by atoms with Crippen molar-refractivity contribution >= 4 is 11.7 Å². The second-order valence-corrected chi connectivity index (χ2v) is 7.01. The molecule has 1 fully saturated rings. The molecule has 7 heteroatoms. The van der Waals surface area contributed by atoms with Gasteiger partial charge in [-0.15, -0.1) is 0 Å². The summed E-state index contributed by atoms with van der Waals surface area (Å²) in [7, 11) is 4.81. The second-order valence-electron chi connectivity index (χ2n) is 7.01. The molecule has 1 unspecified atom stereocenters. The maximum Gasteiger partial charge on any atom is 0.226 e. The summed E-state index contributed by atoms with van der Waals surface area (Å²) < 4.78 is 22.4. The Labute approximate surface area is 175 Å². The summed E-state index contributed by atoms with van der Waals surface area (Å²) in [5.41, 5.74) is 2.92. The second kappa shape index (κ2) is 8.49. The molecule has 1 N–H and O–H groups in total. The molecular weight excluding hydrogens is 384 g/mol. The fourth-order valence-corrected chi connectivity index (χ4v) is 3.86. The van der Waals surface area contributed by atoms with Gasteiger partial charge in [-0.05, 0) is 23.8 Å². The molecule has 2 aliphatic heterocycles. The van der Waals surface area contributed by atoms with Crippen LogP contribution in [-0.2, 0) is 11.4 Å². The van der Waals surface area contributed by atoms with E-state index in [-0.39, 0.29) is 11.8 Å². The van der Waals surface area contributed by atoms with Gasteiger partial charge < -0.3 is 24.3 Å². The lowest BCUT2D eigenvalue weighted by Crippen LogP contribution is -2.38. The van der Waals surface area contributed by atoms with Gasteiger partial charge in [-0.25, -0.2) is 0 Å². The van der Waals surface area contributed by atoms with Crippen LogP contribution in [0, 0.1) is 0 Å². The van der Waals surface area contributed by atoms with Gasteiger partial charge in [0.1, 0.15) is 12.4 Å². The number of piperidine rings is 1. The van der Waals surface area contributed by atoms with Crippen LogP contribution in [0.4, 0.5) is 0 Å². The lowest BCUT2D eigenvalue weighted by atomic mass is 9.85. The normalized spacial score (nSPS) is 17.4. The molecule has 4 rings (SSSR count). The molecule has 2 aromatic rings. The molecule has 1 saturated heterocycles. The van der Waals surface area contributed by atoms with Crippen LogP contribution in [0.1, 0.15) is 23.5 Å². The Morgan fingerprint density at radius 1 is 1.03 bits per heavy atom. The summed E-state index contributed by atoms with van der Waals surface area (Å²) in [6.07, 6.45) is 2.45. The van der Waals surface area contributed by atoms with E-state index in [4.69, 9.17) is 18.9 Å². The van der Waals surface area contributed by atoms with Gasteiger partial charge in [0.2, 0.25) is 5.91 Å². The van der Waals surface area contributed by atoms with Gasteiger partial charge in [-0.1, -0.05) is 24.3 Å². The van der Waals surface area contributed by atoms with Crippen molar-refractivity contribution in [1.82, 2.24) is 5.32 Å². The molecule has 2 aromatic carbocycles. The van der Waals surface area contributed by atoms with Crippen LogP contribution in [0.2, 0.25) is 0 Å². The van der Waals surface area contributed by atoms with Crippen LogP contribution in [0.3, 0.4) is 0 Å². The number of nitrogens with one attached hydrogen (secondary N) is 1. The molecule has 1 atom stereocenters. The van der Waals surface area contributed by atoms with Crippen molar-refractivity contribution in [2.45, 2.75) is 18.9 Å². The number of methoxy groups -OCH3 is 3. The standard InChI is InChI=1S/C23H24N2O5/c1-27-19-6-4-5-15(22(19)29-3)13-30-18-8-7-14(11-20(18)28-2)17-12-21(26)25-23-16(17)9-10-24-23/h4-9,11,17H,10,12-13H2,1-3H3,(H,24,25,26). The van der Waals surface area contributed by atoms with E-state index in [9.17, 15) is 4.79 Å². The van der Waals surface area contributed by atoms with Crippen molar-refractivity contribution in [3.8, 4) is 23.0 Å². The highest BCUT2D eigenvalue weighted by molar-refractivity contribution is 6.12. The number of ether oxygens (including phenoxy) is 4. The van der Waals surface area contributed by atoms with Crippen molar-refractivity contribution in [3.63, 3.8) is 0 Å². The number of amidine groups is 1. The smallest absolute Gasteiger partial charge is 0.226 e. The fraction of sp³-hybridized carbons (Fsp3) is 0.304. The van der Waals surface area contributed by atoms with Gasteiger partial charge in [0, 0.05) is 23.5 Å². The number of aliphatic imine (C=N–C) groups is 1. The number of hydrogen-bond acceptors (Lipinski definition) is 6. The van der Waals surface area contributed by atoms with Crippen LogP contribution < -0.4 is 24.3 Å². The average molecular weight is 408 g/mol. The van der Waals surface area contributed by atoms with Gasteiger partial charge in [-0.2, -0.15) is 0 Å². The van der Waals surface area contributed by atoms with Crippen molar-refractivity contribution in [3.05, 3.63) is 59.2 Å².